The Balaban J connectivity index is 2.38. The van der Waals surface area contributed by atoms with Crippen LogP contribution in [0.3, 0.4) is 0 Å². The van der Waals surface area contributed by atoms with E-state index in [-0.39, 0.29) is 6.04 Å². The van der Waals surface area contributed by atoms with E-state index in [0.717, 1.165) is 25.7 Å². The number of rotatable bonds is 3. The molecule has 0 N–H and O–H groups in total. The topological polar surface area (TPSA) is 37.4 Å². The third-order valence-electron chi connectivity index (χ3n) is 3.71. The van der Waals surface area contributed by atoms with Gasteiger partial charge in [-0.05, 0) is 37.5 Å². The summed E-state index contributed by atoms with van der Waals surface area (Å²) in [5.74, 6) is 0. The molecule has 0 atom stereocenters. The van der Waals surface area contributed by atoms with Crippen molar-refractivity contribution in [3.63, 3.8) is 0 Å². The second kappa shape index (κ2) is 5.19. The van der Waals surface area contributed by atoms with Crippen LogP contribution in [-0.4, -0.2) is 25.8 Å². The fraction of sp³-hybridized carbons (Fsp3) is 0.538. The molecular weight excluding hydrogens is 270 g/mol. The van der Waals surface area contributed by atoms with Gasteiger partial charge in [0.05, 0.1) is 4.90 Å². The number of nitrogens with zero attached hydrogens (tertiary/aromatic N) is 1. The first-order valence-electron chi connectivity index (χ1n) is 6.17. The lowest BCUT2D eigenvalue weighted by atomic mass is 10.2. The highest BCUT2D eigenvalue weighted by Gasteiger charge is 2.31. The maximum Gasteiger partial charge on any atom is 0.243 e. The lowest BCUT2D eigenvalue weighted by Gasteiger charge is -2.24. The standard InChI is InChI=1S/C13H18ClNO2S/c1-10-12(14)8-5-9-13(10)18(16,17)15(2)11-6-3-4-7-11/h5,8-9,11H,3-4,6-7H2,1-2H3. The molecule has 2 rings (SSSR count). The highest BCUT2D eigenvalue weighted by atomic mass is 35.5. The van der Waals surface area contributed by atoms with Crippen molar-refractivity contribution in [2.45, 2.75) is 43.5 Å². The van der Waals surface area contributed by atoms with Crippen molar-refractivity contribution in [2.24, 2.45) is 0 Å². The molecule has 3 nitrogen and oxygen atoms in total. The first-order valence-corrected chi connectivity index (χ1v) is 7.99. The van der Waals surface area contributed by atoms with Gasteiger partial charge < -0.3 is 0 Å². The molecule has 0 aromatic heterocycles. The van der Waals surface area contributed by atoms with Crippen molar-refractivity contribution in [3.05, 3.63) is 28.8 Å². The number of benzene rings is 1. The molecule has 0 amide bonds. The molecule has 1 aromatic carbocycles. The quantitative estimate of drug-likeness (QED) is 0.856. The molecule has 100 valence electrons. The Kier molecular flexibility index (Phi) is 3.99. The normalized spacial score (nSPS) is 17.6. The van der Waals surface area contributed by atoms with E-state index in [9.17, 15) is 8.42 Å². The fourth-order valence-corrected chi connectivity index (χ4v) is 4.38. The second-order valence-corrected chi connectivity index (χ2v) is 7.20. The molecule has 0 saturated heterocycles. The Labute approximate surface area is 114 Å². The summed E-state index contributed by atoms with van der Waals surface area (Å²) in [6.07, 6.45) is 4.13. The molecule has 5 heteroatoms. The molecule has 0 aliphatic heterocycles. The molecular formula is C13H18ClNO2S. The van der Waals surface area contributed by atoms with E-state index in [1.165, 1.54) is 4.31 Å². The molecule has 1 saturated carbocycles. The van der Waals surface area contributed by atoms with Crippen molar-refractivity contribution in [1.29, 1.82) is 0 Å². The zero-order chi connectivity index (χ0) is 13.3. The molecule has 0 heterocycles. The molecule has 0 radical (unpaired) electrons. The van der Waals surface area contributed by atoms with Gasteiger partial charge in [-0.25, -0.2) is 8.42 Å². The van der Waals surface area contributed by atoms with E-state index >= 15 is 0 Å². The smallest absolute Gasteiger partial charge is 0.207 e. The fourth-order valence-electron chi connectivity index (χ4n) is 2.49. The summed E-state index contributed by atoms with van der Waals surface area (Å²) in [5.41, 5.74) is 0.629. The van der Waals surface area contributed by atoms with Crippen LogP contribution in [0.15, 0.2) is 23.1 Å². The van der Waals surface area contributed by atoms with Crippen LogP contribution in [0.5, 0.6) is 0 Å². The minimum atomic E-state index is -3.43. The minimum absolute atomic E-state index is 0.133. The molecule has 0 bridgehead atoms. The summed E-state index contributed by atoms with van der Waals surface area (Å²) >= 11 is 6.00. The van der Waals surface area contributed by atoms with Crippen LogP contribution in [0.25, 0.3) is 0 Å². The molecule has 1 aromatic rings. The van der Waals surface area contributed by atoms with E-state index in [2.05, 4.69) is 0 Å². The first kappa shape index (κ1) is 13.8. The van der Waals surface area contributed by atoms with Crippen LogP contribution in [0, 0.1) is 6.92 Å². The third-order valence-corrected chi connectivity index (χ3v) is 6.18. The van der Waals surface area contributed by atoms with E-state index in [1.807, 2.05) is 0 Å². The van der Waals surface area contributed by atoms with E-state index in [1.54, 1.807) is 32.2 Å². The predicted molar refractivity (Wildman–Crippen MR) is 73.4 cm³/mol. The highest BCUT2D eigenvalue weighted by Crippen LogP contribution is 2.30. The van der Waals surface area contributed by atoms with Crippen LogP contribution in [-0.2, 0) is 10.0 Å². The Morgan fingerprint density at radius 1 is 1.28 bits per heavy atom. The van der Waals surface area contributed by atoms with Gasteiger partial charge in [-0.2, -0.15) is 4.31 Å². The Hall–Kier alpha value is -0.580. The summed E-state index contributed by atoms with van der Waals surface area (Å²) in [6, 6.07) is 5.16. The van der Waals surface area contributed by atoms with E-state index in [4.69, 9.17) is 11.6 Å². The summed E-state index contributed by atoms with van der Waals surface area (Å²) < 4.78 is 26.6. The van der Waals surface area contributed by atoms with Crippen LogP contribution < -0.4 is 0 Å². The number of hydrogen-bond donors (Lipinski definition) is 0. The molecule has 18 heavy (non-hydrogen) atoms. The average molecular weight is 288 g/mol. The summed E-state index contributed by atoms with van der Waals surface area (Å²) in [4.78, 5) is 0.324. The van der Waals surface area contributed by atoms with Gasteiger partial charge in [-0.3, -0.25) is 0 Å². The second-order valence-electron chi connectivity index (χ2n) is 4.82. The minimum Gasteiger partial charge on any atom is -0.207 e. The van der Waals surface area contributed by atoms with Crippen molar-refractivity contribution >= 4 is 21.6 Å². The van der Waals surface area contributed by atoms with Gasteiger partial charge in [-0.15, -0.1) is 0 Å². The maximum atomic E-state index is 12.6. The summed E-state index contributed by atoms with van der Waals surface area (Å²) in [5, 5.41) is 0.496. The Bertz CT molecular complexity index is 536. The average Bonchev–Trinajstić information content (AvgIpc) is 2.85. The third kappa shape index (κ3) is 2.42. The zero-order valence-corrected chi connectivity index (χ0v) is 12.3. The number of sulfonamides is 1. The van der Waals surface area contributed by atoms with Crippen LogP contribution in [0.4, 0.5) is 0 Å². The van der Waals surface area contributed by atoms with Gasteiger partial charge in [0.15, 0.2) is 0 Å². The van der Waals surface area contributed by atoms with Crippen LogP contribution in [0.1, 0.15) is 31.2 Å². The van der Waals surface area contributed by atoms with Gasteiger partial charge >= 0.3 is 0 Å². The number of hydrogen-bond acceptors (Lipinski definition) is 2. The molecule has 0 spiro atoms. The summed E-state index contributed by atoms with van der Waals surface area (Å²) in [7, 11) is -1.75. The van der Waals surface area contributed by atoms with E-state index in [0.29, 0.717) is 15.5 Å². The van der Waals surface area contributed by atoms with Crippen LogP contribution >= 0.6 is 11.6 Å². The van der Waals surface area contributed by atoms with Gasteiger partial charge in [0, 0.05) is 18.1 Å². The Morgan fingerprint density at radius 2 is 1.89 bits per heavy atom. The van der Waals surface area contributed by atoms with Crippen molar-refractivity contribution in [1.82, 2.24) is 4.31 Å². The molecule has 0 unspecified atom stereocenters. The van der Waals surface area contributed by atoms with Crippen LogP contribution in [0.2, 0.25) is 5.02 Å². The SMILES string of the molecule is Cc1c(Cl)cccc1S(=O)(=O)N(C)C1CCCC1. The monoisotopic (exact) mass is 287 g/mol. The predicted octanol–water partition coefficient (Wildman–Crippen LogP) is 3.21. The van der Waals surface area contributed by atoms with Crippen molar-refractivity contribution in [3.8, 4) is 0 Å². The maximum absolute atomic E-state index is 12.6. The number of halogens is 1. The lowest BCUT2D eigenvalue weighted by Crippen LogP contribution is -2.35. The Morgan fingerprint density at radius 3 is 2.50 bits per heavy atom. The molecule has 1 aliphatic carbocycles. The van der Waals surface area contributed by atoms with Gasteiger partial charge in [0.2, 0.25) is 10.0 Å². The van der Waals surface area contributed by atoms with Gasteiger partial charge in [-0.1, -0.05) is 30.5 Å². The molecule has 1 fully saturated rings. The van der Waals surface area contributed by atoms with E-state index < -0.39 is 10.0 Å². The van der Waals surface area contributed by atoms with Gasteiger partial charge in [0.25, 0.3) is 0 Å². The van der Waals surface area contributed by atoms with Gasteiger partial charge in [0.1, 0.15) is 0 Å². The summed E-state index contributed by atoms with van der Waals surface area (Å²) in [6.45, 7) is 1.75. The lowest BCUT2D eigenvalue weighted by molar-refractivity contribution is 0.373. The first-order chi connectivity index (χ1) is 8.44. The zero-order valence-electron chi connectivity index (χ0n) is 10.7. The molecule has 1 aliphatic rings. The largest absolute Gasteiger partial charge is 0.243 e. The van der Waals surface area contributed by atoms with Crippen molar-refractivity contribution in [2.75, 3.05) is 7.05 Å². The van der Waals surface area contributed by atoms with Crippen molar-refractivity contribution < 1.29 is 8.42 Å². The highest BCUT2D eigenvalue weighted by molar-refractivity contribution is 7.89.